The summed E-state index contributed by atoms with van der Waals surface area (Å²) >= 11 is 1.40. The molecule has 0 saturated heterocycles. The van der Waals surface area contributed by atoms with Crippen LogP contribution in [0.4, 0.5) is 11.4 Å². The van der Waals surface area contributed by atoms with Gasteiger partial charge in [-0.1, -0.05) is 6.92 Å². The van der Waals surface area contributed by atoms with Crippen molar-refractivity contribution in [3.8, 4) is 0 Å². The van der Waals surface area contributed by atoms with Gasteiger partial charge in [0.1, 0.15) is 0 Å². The van der Waals surface area contributed by atoms with Crippen LogP contribution in [-0.2, 0) is 13.5 Å². The molecule has 2 aromatic rings. The van der Waals surface area contributed by atoms with Crippen LogP contribution < -0.4 is 11.1 Å². The molecule has 0 aliphatic rings. The van der Waals surface area contributed by atoms with Gasteiger partial charge in [-0.3, -0.25) is 9.48 Å². The summed E-state index contributed by atoms with van der Waals surface area (Å²) in [7, 11) is 1.84. The first-order chi connectivity index (χ1) is 8.51. The molecule has 2 aromatic heterocycles. The van der Waals surface area contributed by atoms with Crippen molar-refractivity contribution in [3.05, 3.63) is 27.7 Å². The molecule has 0 atom stereocenters. The fourth-order valence-electron chi connectivity index (χ4n) is 1.69. The van der Waals surface area contributed by atoms with Gasteiger partial charge in [0.25, 0.3) is 5.91 Å². The molecule has 1 amide bonds. The predicted molar refractivity (Wildman–Crippen MR) is 74.0 cm³/mol. The Bertz CT molecular complexity index is 565. The molecule has 0 spiro atoms. The van der Waals surface area contributed by atoms with Crippen molar-refractivity contribution in [1.82, 2.24) is 9.78 Å². The van der Waals surface area contributed by atoms with E-state index in [2.05, 4.69) is 10.4 Å². The lowest BCUT2D eigenvalue weighted by molar-refractivity contribution is 0.103. The standard InChI is InChI=1S/C12H16N4OS/c1-4-9-10(6-16(3)15-9)14-12(17)11-5-8(13)7(2)18-11/h5-6H,4,13H2,1-3H3,(H,14,17). The Morgan fingerprint density at radius 1 is 1.61 bits per heavy atom. The summed E-state index contributed by atoms with van der Waals surface area (Å²) in [6.07, 6.45) is 2.59. The monoisotopic (exact) mass is 264 g/mol. The molecule has 3 N–H and O–H groups in total. The molecule has 0 aromatic carbocycles. The maximum Gasteiger partial charge on any atom is 0.265 e. The summed E-state index contributed by atoms with van der Waals surface area (Å²) in [6.45, 7) is 3.91. The van der Waals surface area contributed by atoms with Gasteiger partial charge in [-0.05, 0) is 19.4 Å². The second kappa shape index (κ2) is 4.81. The first-order valence-corrected chi connectivity index (χ1v) is 6.52. The molecular weight excluding hydrogens is 248 g/mol. The molecule has 0 fully saturated rings. The van der Waals surface area contributed by atoms with Crippen molar-refractivity contribution in [2.24, 2.45) is 7.05 Å². The normalized spacial score (nSPS) is 10.6. The number of thiophene rings is 1. The van der Waals surface area contributed by atoms with E-state index in [9.17, 15) is 4.79 Å². The van der Waals surface area contributed by atoms with E-state index >= 15 is 0 Å². The summed E-state index contributed by atoms with van der Waals surface area (Å²) in [4.78, 5) is 13.6. The Labute approximate surface area is 110 Å². The van der Waals surface area contributed by atoms with E-state index in [4.69, 9.17) is 5.73 Å². The maximum absolute atomic E-state index is 12.1. The number of hydrogen-bond donors (Lipinski definition) is 2. The Hall–Kier alpha value is -1.82. The fourth-order valence-corrected chi connectivity index (χ4v) is 2.53. The molecule has 5 nitrogen and oxygen atoms in total. The second-order valence-electron chi connectivity index (χ2n) is 4.09. The number of nitrogen functional groups attached to an aromatic ring is 1. The van der Waals surface area contributed by atoms with Gasteiger partial charge in [0.15, 0.2) is 0 Å². The van der Waals surface area contributed by atoms with Gasteiger partial charge < -0.3 is 11.1 Å². The van der Waals surface area contributed by atoms with E-state index in [-0.39, 0.29) is 5.91 Å². The van der Waals surface area contributed by atoms with Gasteiger partial charge >= 0.3 is 0 Å². The molecule has 2 heterocycles. The molecule has 0 radical (unpaired) electrons. The van der Waals surface area contributed by atoms with Crippen molar-refractivity contribution in [2.75, 3.05) is 11.1 Å². The zero-order valence-corrected chi connectivity index (χ0v) is 11.5. The van der Waals surface area contributed by atoms with E-state index in [0.29, 0.717) is 10.6 Å². The minimum absolute atomic E-state index is 0.137. The molecule has 0 unspecified atom stereocenters. The summed E-state index contributed by atoms with van der Waals surface area (Å²) in [5.41, 5.74) is 8.05. The highest BCUT2D eigenvalue weighted by atomic mass is 32.1. The van der Waals surface area contributed by atoms with Crippen LogP contribution in [0.2, 0.25) is 0 Å². The van der Waals surface area contributed by atoms with E-state index in [1.807, 2.05) is 20.9 Å². The highest BCUT2D eigenvalue weighted by molar-refractivity contribution is 7.14. The fraction of sp³-hybridized carbons (Fsp3) is 0.333. The molecule has 96 valence electrons. The molecule has 0 bridgehead atoms. The van der Waals surface area contributed by atoms with Gasteiger partial charge in [0.2, 0.25) is 0 Å². The van der Waals surface area contributed by atoms with Crippen LogP contribution in [0, 0.1) is 6.92 Å². The smallest absolute Gasteiger partial charge is 0.265 e. The summed E-state index contributed by atoms with van der Waals surface area (Å²) in [5, 5.41) is 7.15. The predicted octanol–water partition coefficient (Wildman–Crippen LogP) is 2.19. The van der Waals surface area contributed by atoms with Gasteiger partial charge in [0.05, 0.1) is 16.3 Å². The number of aromatic nitrogens is 2. The summed E-state index contributed by atoms with van der Waals surface area (Å²) in [5.74, 6) is -0.137. The third kappa shape index (κ3) is 2.38. The largest absolute Gasteiger partial charge is 0.398 e. The Balaban J connectivity index is 2.20. The number of nitrogens with zero attached hydrogens (tertiary/aromatic N) is 2. The molecule has 6 heteroatoms. The average molecular weight is 264 g/mol. The lowest BCUT2D eigenvalue weighted by Gasteiger charge is -2.01. The van der Waals surface area contributed by atoms with E-state index in [0.717, 1.165) is 22.7 Å². The number of amides is 1. The van der Waals surface area contributed by atoms with Crippen LogP contribution in [0.5, 0.6) is 0 Å². The summed E-state index contributed by atoms with van der Waals surface area (Å²) < 4.78 is 1.70. The zero-order chi connectivity index (χ0) is 13.3. The van der Waals surface area contributed by atoms with Crippen molar-refractivity contribution in [3.63, 3.8) is 0 Å². The first-order valence-electron chi connectivity index (χ1n) is 5.71. The third-order valence-electron chi connectivity index (χ3n) is 2.67. The highest BCUT2D eigenvalue weighted by Crippen LogP contribution is 2.24. The highest BCUT2D eigenvalue weighted by Gasteiger charge is 2.14. The van der Waals surface area contributed by atoms with Gasteiger partial charge in [-0.15, -0.1) is 11.3 Å². The lowest BCUT2D eigenvalue weighted by Crippen LogP contribution is -2.10. The number of hydrogen-bond acceptors (Lipinski definition) is 4. The molecule has 0 aliphatic heterocycles. The van der Waals surface area contributed by atoms with Crippen molar-refractivity contribution in [2.45, 2.75) is 20.3 Å². The Kier molecular flexibility index (Phi) is 3.38. The Morgan fingerprint density at radius 3 is 2.89 bits per heavy atom. The Morgan fingerprint density at radius 2 is 2.33 bits per heavy atom. The number of rotatable bonds is 3. The van der Waals surface area contributed by atoms with Gasteiger partial charge in [0, 0.05) is 23.8 Å². The van der Waals surface area contributed by atoms with Crippen LogP contribution in [0.3, 0.4) is 0 Å². The van der Waals surface area contributed by atoms with Gasteiger partial charge in [-0.2, -0.15) is 5.10 Å². The topological polar surface area (TPSA) is 72.9 Å². The molecule has 0 saturated carbocycles. The molecule has 0 aliphatic carbocycles. The van der Waals surface area contributed by atoms with E-state index < -0.39 is 0 Å². The maximum atomic E-state index is 12.1. The number of nitrogens with two attached hydrogens (primary N) is 1. The van der Waals surface area contributed by atoms with Crippen LogP contribution in [0.1, 0.15) is 27.2 Å². The SMILES string of the molecule is CCc1nn(C)cc1NC(=O)c1cc(N)c(C)s1. The minimum atomic E-state index is -0.137. The lowest BCUT2D eigenvalue weighted by atomic mass is 10.3. The third-order valence-corrected chi connectivity index (χ3v) is 3.73. The number of carbonyl (C=O) groups is 1. The number of anilines is 2. The molecule has 18 heavy (non-hydrogen) atoms. The van der Waals surface area contributed by atoms with Crippen LogP contribution >= 0.6 is 11.3 Å². The van der Waals surface area contributed by atoms with Crippen LogP contribution in [-0.4, -0.2) is 15.7 Å². The second-order valence-corrected chi connectivity index (χ2v) is 5.35. The first kappa shape index (κ1) is 12.6. The minimum Gasteiger partial charge on any atom is -0.398 e. The van der Waals surface area contributed by atoms with Crippen molar-refractivity contribution >= 4 is 28.6 Å². The van der Waals surface area contributed by atoms with Crippen LogP contribution in [0.15, 0.2) is 12.3 Å². The number of aryl methyl sites for hydroxylation is 3. The zero-order valence-electron chi connectivity index (χ0n) is 10.7. The van der Waals surface area contributed by atoms with Crippen molar-refractivity contribution in [1.29, 1.82) is 0 Å². The quantitative estimate of drug-likeness (QED) is 0.892. The summed E-state index contributed by atoms with van der Waals surface area (Å²) in [6, 6.07) is 1.71. The average Bonchev–Trinajstić information content (AvgIpc) is 2.83. The van der Waals surface area contributed by atoms with E-state index in [1.54, 1.807) is 16.9 Å². The van der Waals surface area contributed by atoms with Crippen molar-refractivity contribution < 1.29 is 4.79 Å². The number of nitrogens with one attached hydrogen (secondary N) is 1. The molecule has 2 rings (SSSR count). The molecular formula is C12H16N4OS. The number of carbonyl (C=O) groups excluding carboxylic acids is 1. The van der Waals surface area contributed by atoms with Gasteiger partial charge in [-0.25, -0.2) is 0 Å². The van der Waals surface area contributed by atoms with E-state index in [1.165, 1.54) is 11.3 Å². The van der Waals surface area contributed by atoms with Crippen LogP contribution in [0.25, 0.3) is 0 Å².